The van der Waals surface area contributed by atoms with Crippen LogP contribution in [0.15, 0.2) is 60.5 Å². The summed E-state index contributed by atoms with van der Waals surface area (Å²) >= 11 is 5.88. The van der Waals surface area contributed by atoms with Crippen LogP contribution in [0.1, 0.15) is 31.4 Å². The standard InChI is InChI=1S/C18H20ClNO3/c1-3-5-16(20-23-10-4-2)15-12-22-18(11-17(15)21)13-6-8-14(19)9-7-13/h4-9,12,18,20H,2-3,10-11H2,1H3. The first kappa shape index (κ1) is 17.3. The molecule has 1 atom stereocenters. The number of rotatable bonds is 7. The SMILES string of the molecule is C=CCONC(=CCC)C1=COC(c2ccc(Cl)cc2)CC1=O. The second-order valence-corrected chi connectivity index (χ2v) is 5.50. The van der Waals surface area contributed by atoms with Crippen LogP contribution >= 0.6 is 11.6 Å². The second kappa shape index (κ2) is 8.56. The summed E-state index contributed by atoms with van der Waals surface area (Å²) in [6.07, 6.45) is 5.76. The first-order chi connectivity index (χ1) is 11.2. The first-order valence-electron chi connectivity index (χ1n) is 7.49. The molecule has 5 heteroatoms. The first-order valence-corrected chi connectivity index (χ1v) is 7.87. The number of nitrogens with one attached hydrogen (secondary N) is 1. The fourth-order valence-electron chi connectivity index (χ4n) is 2.22. The van der Waals surface area contributed by atoms with Gasteiger partial charge in [-0.3, -0.25) is 15.1 Å². The lowest BCUT2D eigenvalue weighted by Crippen LogP contribution is -2.24. The molecule has 0 amide bonds. The monoisotopic (exact) mass is 333 g/mol. The van der Waals surface area contributed by atoms with E-state index in [9.17, 15) is 4.79 Å². The summed E-state index contributed by atoms with van der Waals surface area (Å²) in [5, 5.41) is 0.656. The van der Waals surface area contributed by atoms with Gasteiger partial charge in [-0.1, -0.05) is 42.8 Å². The third-order valence-corrected chi connectivity index (χ3v) is 3.60. The molecule has 1 N–H and O–H groups in total. The van der Waals surface area contributed by atoms with E-state index in [1.54, 1.807) is 18.2 Å². The van der Waals surface area contributed by atoms with Crippen LogP contribution in [0.3, 0.4) is 0 Å². The van der Waals surface area contributed by atoms with Gasteiger partial charge in [0.05, 0.1) is 30.6 Å². The van der Waals surface area contributed by atoms with Crippen LogP contribution in [-0.2, 0) is 14.4 Å². The zero-order valence-electron chi connectivity index (χ0n) is 13.0. The molecule has 0 spiro atoms. The lowest BCUT2D eigenvalue weighted by Gasteiger charge is -2.24. The molecule has 23 heavy (non-hydrogen) atoms. The summed E-state index contributed by atoms with van der Waals surface area (Å²) in [5.74, 6) is 0.00519. The average molecular weight is 334 g/mol. The highest BCUT2D eigenvalue weighted by Crippen LogP contribution is 2.30. The molecule has 0 saturated heterocycles. The summed E-state index contributed by atoms with van der Waals surface area (Å²) in [7, 11) is 0. The van der Waals surface area contributed by atoms with E-state index >= 15 is 0 Å². The molecule has 122 valence electrons. The van der Waals surface area contributed by atoms with E-state index in [1.165, 1.54) is 6.26 Å². The van der Waals surface area contributed by atoms with Gasteiger partial charge in [0.1, 0.15) is 6.10 Å². The van der Waals surface area contributed by atoms with Crippen molar-refractivity contribution in [1.82, 2.24) is 5.48 Å². The largest absolute Gasteiger partial charge is 0.492 e. The Morgan fingerprint density at radius 2 is 2.22 bits per heavy atom. The van der Waals surface area contributed by atoms with Crippen LogP contribution in [0.2, 0.25) is 5.02 Å². The van der Waals surface area contributed by atoms with E-state index in [2.05, 4.69) is 12.1 Å². The zero-order chi connectivity index (χ0) is 16.7. The second-order valence-electron chi connectivity index (χ2n) is 5.06. The Hall–Kier alpha value is -2.04. The Morgan fingerprint density at radius 3 is 2.83 bits per heavy atom. The number of hydroxylamine groups is 1. The van der Waals surface area contributed by atoms with Crippen molar-refractivity contribution >= 4 is 17.4 Å². The van der Waals surface area contributed by atoms with Crippen molar-refractivity contribution in [3.05, 3.63) is 71.1 Å². The molecule has 1 unspecified atom stereocenters. The summed E-state index contributed by atoms with van der Waals surface area (Å²) in [6, 6.07) is 7.31. The van der Waals surface area contributed by atoms with Crippen LogP contribution in [0, 0.1) is 0 Å². The minimum Gasteiger partial charge on any atom is -0.492 e. The van der Waals surface area contributed by atoms with Gasteiger partial charge in [0.15, 0.2) is 5.78 Å². The molecule has 1 heterocycles. The van der Waals surface area contributed by atoms with E-state index < -0.39 is 0 Å². The number of benzene rings is 1. The van der Waals surface area contributed by atoms with Crippen molar-refractivity contribution in [2.75, 3.05) is 6.61 Å². The van der Waals surface area contributed by atoms with Crippen molar-refractivity contribution in [3.8, 4) is 0 Å². The molecule has 0 fully saturated rings. The van der Waals surface area contributed by atoms with E-state index in [4.69, 9.17) is 21.2 Å². The van der Waals surface area contributed by atoms with E-state index in [1.807, 2.05) is 25.1 Å². The molecule has 0 aliphatic carbocycles. The minimum atomic E-state index is -0.291. The Labute approximate surface area is 141 Å². The molecule has 2 rings (SSSR count). The van der Waals surface area contributed by atoms with Crippen LogP contribution in [-0.4, -0.2) is 12.4 Å². The van der Waals surface area contributed by atoms with Gasteiger partial charge in [-0.25, -0.2) is 0 Å². The molecular formula is C18H20ClNO3. The predicted octanol–water partition coefficient (Wildman–Crippen LogP) is 4.26. The molecule has 1 aliphatic rings. The van der Waals surface area contributed by atoms with Gasteiger partial charge >= 0.3 is 0 Å². The van der Waals surface area contributed by atoms with Gasteiger partial charge in [0.2, 0.25) is 0 Å². The summed E-state index contributed by atoms with van der Waals surface area (Å²) in [4.78, 5) is 17.7. The van der Waals surface area contributed by atoms with Crippen LogP contribution < -0.4 is 5.48 Å². The maximum Gasteiger partial charge on any atom is 0.172 e. The lowest BCUT2D eigenvalue weighted by atomic mass is 9.96. The fraction of sp³-hybridized carbons (Fsp3) is 0.278. The summed E-state index contributed by atoms with van der Waals surface area (Å²) < 4.78 is 5.74. The van der Waals surface area contributed by atoms with Gasteiger partial charge in [0.25, 0.3) is 0 Å². The highest BCUT2D eigenvalue weighted by atomic mass is 35.5. The lowest BCUT2D eigenvalue weighted by molar-refractivity contribution is -0.119. The Balaban J connectivity index is 2.11. The topological polar surface area (TPSA) is 47.6 Å². The Bertz CT molecular complexity index is 620. The number of ketones is 1. The average Bonchev–Trinajstić information content (AvgIpc) is 2.55. The summed E-state index contributed by atoms with van der Waals surface area (Å²) in [6.45, 7) is 5.91. The Morgan fingerprint density at radius 1 is 1.48 bits per heavy atom. The van der Waals surface area contributed by atoms with Gasteiger partial charge < -0.3 is 4.74 Å². The molecule has 0 radical (unpaired) electrons. The van der Waals surface area contributed by atoms with Crippen molar-refractivity contribution in [1.29, 1.82) is 0 Å². The van der Waals surface area contributed by atoms with Crippen LogP contribution in [0.25, 0.3) is 0 Å². The fourth-order valence-corrected chi connectivity index (χ4v) is 2.34. The molecule has 0 bridgehead atoms. The predicted molar refractivity (Wildman–Crippen MR) is 90.6 cm³/mol. The Kier molecular flexibility index (Phi) is 6.44. The van der Waals surface area contributed by atoms with E-state index in [0.717, 1.165) is 12.0 Å². The number of Topliss-reactive ketones (excluding diaryl/α,β-unsaturated/α-hetero) is 1. The molecule has 1 aliphatic heterocycles. The van der Waals surface area contributed by atoms with Crippen molar-refractivity contribution in [2.24, 2.45) is 0 Å². The maximum atomic E-state index is 12.5. The normalized spacial score (nSPS) is 18.2. The maximum absolute atomic E-state index is 12.5. The number of carbonyl (C=O) groups excluding carboxylic acids is 1. The van der Waals surface area contributed by atoms with Crippen LogP contribution in [0.4, 0.5) is 0 Å². The van der Waals surface area contributed by atoms with Crippen molar-refractivity contribution < 1.29 is 14.4 Å². The third kappa shape index (κ3) is 4.71. The molecular weight excluding hydrogens is 314 g/mol. The third-order valence-electron chi connectivity index (χ3n) is 3.34. The number of halogens is 1. The van der Waals surface area contributed by atoms with E-state index in [-0.39, 0.29) is 18.3 Å². The minimum absolute atomic E-state index is 0.00519. The van der Waals surface area contributed by atoms with Gasteiger partial charge in [-0.2, -0.15) is 0 Å². The summed E-state index contributed by atoms with van der Waals surface area (Å²) in [5.41, 5.74) is 4.82. The number of hydrogen-bond donors (Lipinski definition) is 1. The molecule has 1 aromatic carbocycles. The van der Waals surface area contributed by atoms with E-state index in [0.29, 0.717) is 22.9 Å². The molecule has 1 aromatic rings. The quantitative estimate of drug-likeness (QED) is 0.460. The number of ether oxygens (including phenoxy) is 1. The highest BCUT2D eigenvalue weighted by molar-refractivity contribution is 6.30. The molecule has 4 nitrogen and oxygen atoms in total. The number of hydrogen-bond acceptors (Lipinski definition) is 4. The van der Waals surface area contributed by atoms with Gasteiger partial charge in [-0.15, -0.1) is 6.58 Å². The molecule has 0 saturated carbocycles. The van der Waals surface area contributed by atoms with Crippen LogP contribution in [0.5, 0.6) is 0 Å². The van der Waals surface area contributed by atoms with Gasteiger partial charge in [-0.05, 0) is 24.1 Å². The van der Waals surface area contributed by atoms with Crippen molar-refractivity contribution in [2.45, 2.75) is 25.9 Å². The molecule has 0 aromatic heterocycles. The van der Waals surface area contributed by atoms with Gasteiger partial charge in [0, 0.05) is 5.02 Å². The smallest absolute Gasteiger partial charge is 0.172 e. The van der Waals surface area contributed by atoms with Crippen molar-refractivity contribution in [3.63, 3.8) is 0 Å². The highest BCUT2D eigenvalue weighted by Gasteiger charge is 2.26. The number of carbonyl (C=O) groups is 1. The number of allylic oxidation sites excluding steroid dienone is 2. The zero-order valence-corrected chi connectivity index (χ0v) is 13.8.